The molecule has 20 heavy (non-hydrogen) atoms. The van der Waals surface area contributed by atoms with Gasteiger partial charge < -0.3 is 0 Å². The molecule has 2 aromatic carbocycles. The normalized spacial score (nSPS) is 17.6. The summed E-state index contributed by atoms with van der Waals surface area (Å²) in [6.45, 7) is 0. The molecule has 1 unspecified atom stereocenters. The molecule has 0 heterocycles. The van der Waals surface area contributed by atoms with E-state index < -0.39 is 5.82 Å². The highest BCUT2D eigenvalue weighted by Gasteiger charge is 2.26. The number of carbonyl (C=O) groups is 1. The van der Waals surface area contributed by atoms with Crippen molar-refractivity contribution in [3.8, 4) is 0 Å². The molecule has 2 aromatic rings. The lowest BCUT2D eigenvalue weighted by Crippen LogP contribution is -2.23. The molecule has 0 aromatic heterocycles. The van der Waals surface area contributed by atoms with E-state index in [4.69, 9.17) is 0 Å². The molecule has 1 atom stereocenters. The quantitative estimate of drug-likeness (QED) is 0.736. The van der Waals surface area contributed by atoms with Gasteiger partial charge in [0.05, 0.1) is 5.56 Å². The van der Waals surface area contributed by atoms with Crippen molar-refractivity contribution in [1.82, 2.24) is 0 Å². The number of ketones is 1. The molecule has 0 fully saturated rings. The maximum absolute atomic E-state index is 13.9. The van der Waals surface area contributed by atoms with Crippen LogP contribution < -0.4 is 0 Å². The standard InChI is InChI=1S/C17H14BrFO/c18-14-7-8-15(16(19)10-14)17(20)13-6-5-11-3-1-2-4-12(11)9-13/h1-4,7-8,10,13H,5-6,9H2. The van der Waals surface area contributed by atoms with Gasteiger partial charge in [-0.25, -0.2) is 4.39 Å². The number of rotatable bonds is 2. The maximum Gasteiger partial charge on any atom is 0.169 e. The van der Waals surface area contributed by atoms with Crippen LogP contribution in [0, 0.1) is 11.7 Å². The summed E-state index contributed by atoms with van der Waals surface area (Å²) < 4.78 is 14.6. The van der Waals surface area contributed by atoms with Crippen LogP contribution >= 0.6 is 15.9 Å². The van der Waals surface area contributed by atoms with Gasteiger partial charge in [0.2, 0.25) is 0 Å². The predicted octanol–water partition coefficient (Wildman–Crippen LogP) is 4.58. The van der Waals surface area contributed by atoms with Crippen molar-refractivity contribution in [2.24, 2.45) is 5.92 Å². The average Bonchev–Trinajstić information content (AvgIpc) is 2.46. The molecule has 0 amide bonds. The van der Waals surface area contributed by atoms with E-state index in [0.29, 0.717) is 10.9 Å². The number of hydrogen-bond acceptors (Lipinski definition) is 1. The lowest BCUT2D eigenvalue weighted by atomic mass is 9.80. The Bertz CT molecular complexity index is 666. The first-order chi connectivity index (χ1) is 9.65. The monoisotopic (exact) mass is 332 g/mol. The average molecular weight is 333 g/mol. The summed E-state index contributed by atoms with van der Waals surface area (Å²) in [7, 11) is 0. The molecule has 3 heteroatoms. The Hall–Kier alpha value is -1.48. The second-order valence-corrected chi connectivity index (χ2v) is 6.11. The first-order valence-corrected chi connectivity index (χ1v) is 7.50. The molecule has 3 rings (SSSR count). The Morgan fingerprint density at radius 2 is 1.90 bits per heavy atom. The molecular weight excluding hydrogens is 319 g/mol. The van der Waals surface area contributed by atoms with Crippen molar-refractivity contribution in [2.75, 3.05) is 0 Å². The van der Waals surface area contributed by atoms with Gasteiger partial charge in [0.1, 0.15) is 5.82 Å². The zero-order valence-electron chi connectivity index (χ0n) is 10.9. The largest absolute Gasteiger partial charge is 0.294 e. The summed E-state index contributed by atoms with van der Waals surface area (Å²) in [5.74, 6) is -0.631. The van der Waals surface area contributed by atoms with E-state index in [1.807, 2.05) is 12.1 Å². The fourth-order valence-electron chi connectivity index (χ4n) is 2.83. The molecule has 102 valence electrons. The molecule has 0 saturated carbocycles. The van der Waals surface area contributed by atoms with Crippen molar-refractivity contribution in [3.05, 3.63) is 69.4 Å². The topological polar surface area (TPSA) is 17.1 Å². The maximum atomic E-state index is 13.9. The smallest absolute Gasteiger partial charge is 0.169 e. The van der Waals surface area contributed by atoms with Gasteiger partial charge in [0, 0.05) is 10.4 Å². The highest BCUT2D eigenvalue weighted by Crippen LogP contribution is 2.29. The van der Waals surface area contributed by atoms with E-state index in [2.05, 4.69) is 28.1 Å². The Kier molecular flexibility index (Phi) is 3.70. The van der Waals surface area contributed by atoms with Crippen LogP contribution in [0.4, 0.5) is 4.39 Å². The van der Waals surface area contributed by atoms with Gasteiger partial charge >= 0.3 is 0 Å². The molecule has 1 aliphatic carbocycles. The van der Waals surface area contributed by atoms with Crippen LogP contribution in [0.5, 0.6) is 0 Å². The van der Waals surface area contributed by atoms with Crippen molar-refractivity contribution in [1.29, 1.82) is 0 Å². The lowest BCUT2D eigenvalue weighted by molar-refractivity contribution is 0.0904. The minimum atomic E-state index is -0.441. The number of aryl methyl sites for hydroxylation is 1. The van der Waals surface area contributed by atoms with E-state index in [-0.39, 0.29) is 17.3 Å². The van der Waals surface area contributed by atoms with Crippen molar-refractivity contribution < 1.29 is 9.18 Å². The second kappa shape index (κ2) is 5.49. The van der Waals surface area contributed by atoms with Crippen LogP contribution in [0.1, 0.15) is 27.9 Å². The van der Waals surface area contributed by atoms with Gasteiger partial charge in [0.15, 0.2) is 5.78 Å². The van der Waals surface area contributed by atoms with Crippen LogP contribution in [0.25, 0.3) is 0 Å². The van der Waals surface area contributed by atoms with Gasteiger partial charge in [-0.1, -0.05) is 40.2 Å². The first-order valence-electron chi connectivity index (χ1n) is 6.71. The van der Waals surface area contributed by atoms with Gasteiger partial charge in [-0.3, -0.25) is 4.79 Å². The van der Waals surface area contributed by atoms with Crippen LogP contribution in [-0.4, -0.2) is 5.78 Å². The summed E-state index contributed by atoms with van der Waals surface area (Å²) in [6, 6.07) is 12.8. The van der Waals surface area contributed by atoms with Crippen LogP contribution in [0.2, 0.25) is 0 Å². The van der Waals surface area contributed by atoms with Crippen molar-refractivity contribution in [2.45, 2.75) is 19.3 Å². The third kappa shape index (κ3) is 2.55. The van der Waals surface area contributed by atoms with E-state index in [1.165, 1.54) is 17.2 Å². The van der Waals surface area contributed by atoms with Crippen LogP contribution in [-0.2, 0) is 12.8 Å². The SMILES string of the molecule is O=C(c1ccc(Br)cc1F)C1CCc2ccccc2C1. The highest BCUT2D eigenvalue weighted by atomic mass is 79.9. The van der Waals surface area contributed by atoms with Crippen LogP contribution in [0.15, 0.2) is 46.9 Å². The minimum absolute atomic E-state index is 0.0792. The summed E-state index contributed by atoms with van der Waals surface area (Å²) in [5, 5.41) is 0. The Morgan fingerprint density at radius 3 is 2.65 bits per heavy atom. The molecule has 1 nitrogen and oxygen atoms in total. The molecule has 0 N–H and O–H groups in total. The van der Waals surface area contributed by atoms with Crippen LogP contribution in [0.3, 0.4) is 0 Å². The van der Waals surface area contributed by atoms with Gasteiger partial charge in [0.25, 0.3) is 0 Å². The molecular formula is C17H14BrFO. The summed E-state index contributed by atoms with van der Waals surface area (Å²) in [4.78, 5) is 12.5. The van der Waals surface area contributed by atoms with Crippen molar-refractivity contribution in [3.63, 3.8) is 0 Å². The lowest BCUT2D eigenvalue weighted by Gasteiger charge is -2.23. The fourth-order valence-corrected chi connectivity index (χ4v) is 3.16. The van der Waals surface area contributed by atoms with Crippen molar-refractivity contribution >= 4 is 21.7 Å². The number of benzene rings is 2. The second-order valence-electron chi connectivity index (χ2n) is 5.20. The number of Topliss-reactive ketones (excluding diaryl/α,β-unsaturated/α-hetero) is 1. The van der Waals surface area contributed by atoms with E-state index in [1.54, 1.807) is 12.1 Å². The zero-order chi connectivity index (χ0) is 14.1. The molecule has 1 aliphatic rings. The Morgan fingerprint density at radius 1 is 1.15 bits per heavy atom. The fraction of sp³-hybridized carbons (Fsp3) is 0.235. The summed E-state index contributed by atoms with van der Waals surface area (Å²) >= 11 is 3.21. The summed E-state index contributed by atoms with van der Waals surface area (Å²) in [6.07, 6.45) is 2.40. The van der Waals surface area contributed by atoms with Gasteiger partial charge in [-0.15, -0.1) is 0 Å². The third-order valence-corrected chi connectivity index (χ3v) is 4.41. The number of fused-ring (bicyclic) bond motifs is 1. The zero-order valence-corrected chi connectivity index (χ0v) is 12.5. The highest BCUT2D eigenvalue weighted by molar-refractivity contribution is 9.10. The first kappa shape index (κ1) is 13.5. The third-order valence-electron chi connectivity index (χ3n) is 3.91. The Labute approximate surface area is 126 Å². The Balaban J connectivity index is 1.86. The summed E-state index contributed by atoms with van der Waals surface area (Å²) in [5.41, 5.74) is 2.74. The molecule has 0 radical (unpaired) electrons. The molecule has 0 bridgehead atoms. The van der Waals surface area contributed by atoms with E-state index >= 15 is 0 Å². The number of hydrogen-bond donors (Lipinski definition) is 0. The number of carbonyl (C=O) groups excluding carboxylic acids is 1. The van der Waals surface area contributed by atoms with E-state index in [9.17, 15) is 9.18 Å². The van der Waals surface area contributed by atoms with Gasteiger partial charge in [-0.2, -0.15) is 0 Å². The molecule has 0 aliphatic heterocycles. The minimum Gasteiger partial charge on any atom is -0.294 e. The van der Waals surface area contributed by atoms with E-state index in [0.717, 1.165) is 12.8 Å². The number of halogens is 2. The molecule has 0 spiro atoms. The van der Waals surface area contributed by atoms with Gasteiger partial charge in [-0.05, 0) is 48.6 Å². The predicted molar refractivity (Wildman–Crippen MR) is 80.4 cm³/mol. The molecule has 0 saturated heterocycles.